The predicted molar refractivity (Wildman–Crippen MR) is 491 cm³/mol. The summed E-state index contributed by atoms with van der Waals surface area (Å²) in [5.74, 6) is 13.3. The standard InChI is InChI=1S/2C21H23N7O2.2C19H20FN7O.4C2HF3O2/c1-2-3-9-27-18-17(25-21(27)26-10-7-23-8-11-26)13-24-28(20(18)30)14-15-5-4-6-16(12-15)19(22)29;1-2-3-10-27-18-17(25-21(27)26-11-8-23-9-12-26)13-24-28(20(18)30)14-15-6-4-5-7-16(15)19(22)29;1-2-3-8-26-17-15(24-19(26)25-9-6-21-7-10-25)12-23-27(18(17)28)13-14-4-5-22-16(20)11-14;1-2-3-9-26-17-15(24-19(26)25-10-7-21-8-11-25)12-22-27(18(17)28)13-14-5-4-6-16(20)23-14;4*3-2(4,5)1(6)7/h4-6,12-13,23H,7-11,14H2,1H3,(H2,22,29);4-7,13,23H,8-12,14H2,1H3,(H2,22,29);4-5,11-12,21H,6-10,13H2,1H3;4-6,12,21H,7-11,13H2,1H3;4*(H,6,7). The van der Waals surface area contributed by atoms with Crippen LogP contribution in [0.2, 0.25) is 0 Å². The van der Waals surface area contributed by atoms with E-state index >= 15 is 0 Å². The van der Waals surface area contributed by atoms with Crippen LogP contribution in [0.5, 0.6) is 0 Å². The summed E-state index contributed by atoms with van der Waals surface area (Å²) in [7, 11) is 0. The number of nitrogens with two attached hydrogens (primary N) is 2. The van der Waals surface area contributed by atoms with E-state index in [-0.39, 0.29) is 48.4 Å². The lowest BCUT2D eigenvalue weighted by atomic mass is 10.1. The van der Waals surface area contributed by atoms with Crippen molar-refractivity contribution in [2.45, 2.75) is 105 Å². The fourth-order valence-electron chi connectivity index (χ4n) is 13.9. The number of nitrogens with zero attached hydrogens (tertiary/aromatic N) is 22. The number of hydrogen-bond acceptors (Lipinski definition) is 28. The molecule has 4 fully saturated rings. The molecule has 2 amide bonds. The van der Waals surface area contributed by atoms with Gasteiger partial charge in [0.05, 0.1) is 82.8 Å². The summed E-state index contributed by atoms with van der Waals surface area (Å²) in [6.45, 7) is 22.5. The third-order valence-electron chi connectivity index (χ3n) is 20.5. The maximum absolute atomic E-state index is 13.4. The van der Waals surface area contributed by atoms with Gasteiger partial charge in [-0.05, 0) is 86.8 Å². The number of carbonyl (C=O) groups is 6. The van der Waals surface area contributed by atoms with E-state index in [1.54, 1.807) is 113 Å². The number of aliphatic carboxylic acids is 4. The summed E-state index contributed by atoms with van der Waals surface area (Å²) >= 11 is 0. The Bertz CT molecular complexity index is 6860. The van der Waals surface area contributed by atoms with E-state index in [0.29, 0.717) is 98.3 Å². The molecular weight excluding hydrogens is 1940 g/mol. The summed E-state index contributed by atoms with van der Waals surface area (Å²) in [5.41, 5.74) is 16.9. The third kappa shape index (κ3) is 30.4. The smallest absolute Gasteiger partial charge is 0.475 e. The topological polar surface area (TPSA) is 533 Å². The molecule has 764 valence electrons. The molecule has 144 heavy (non-hydrogen) atoms. The monoisotopic (exact) mass is 2030 g/mol. The lowest BCUT2D eigenvalue weighted by Gasteiger charge is -2.28. The summed E-state index contributed by atoms with van der Waals surface area (Å²) < 4.78 is 166. The number of alkyl halides is 12. The molecule has 42 nitrogen and oxygen atoms in total. The molecule has 0 unspecified atom stereocenters. The fraction of sp³-hybridized carbons (Fsp3) is 0.364. The Morgan fingerprint density at radius 1 is 0.368 bits per heavy atom. The van der Waals surface area contributed by atoms with Crippen molar-refractivity contribution in [3.05, 3.63) is 197 Å². The largest absolute Gasteiger partial charge is 0.490 e. The molecule has 16 rings (SSSR count). The molecule has 2 aromatic carbocycles. The number of primary amides is 2. The van der Waals surface area contributed by atoms with Crippen molar-refractivity contribution < 1.29 is 111 Å². The highest BCUT2D eigenvalue weighted by molar-refractivity contribution is 5.94. The van der Waals surface area contributed by atoms with E-state index in [1.807, 2.05) is 24.3 Å². The lowest BCUT2D eigenvalue weighted by molar-refractivity contribution is -0.193. The van der Waals surface area contributed by atoms with Gasteiger partial charge in [0.1, 0.15) is 44.1 Å². The minimum absolute atomic E-state index is 0.0835. The van der Waals surface area contributed by atoms with E-state index in [0.717, 1.165) is 134 Å². The van der Waals surface area contributed by atoms with Crippen LogP contribution in [0.15, 0.2) is 129 Å². The van der Waals surface area contributed by atoms with Crippen LogP contribution in [0, 0.1) is 59.3 Å². The number of anilines is 4. The summed E-state index contributed by atoms with van der Waals surface area (Å²) in [4.78, 5) is 146. The molecule has 0 radical (unpaired) electrons. The van der Waals surface area contributed by atoms with Crippen molar-refractivity contribution >= 4 is 104 Å². The first-order valence-electron chi connectivity index (χ1n) is 42.8. The summed E-state index contributed by atoms with van der Waals surface area (Å²) in [6.07, 6.45) is -12.6. The first-order chi connectivity index (χ1) is 68.3. The van der Waals surface area contributed by atoms with Crippen molar-refractivity contribution in [1.82, 2.24) is 109 Å². The Hall–Kier alpha value is -16.7. The molecule has 4 aliphatic rings. The van der Waals surface area contributed by atoms with Gasteiger partial charge in [-0.1, -0.05) is 60.1 Å². The Balaban J connectivity index is 0.000000196. The van der Waals surface area contributed by atoms with Crippen molar-refractivity contribution in [3.8, 4) is 47.4 Å². The first kappa shape index (κ1) is 111. The number of halogens is 14. The maximum Gasteiger partial charge on any atom is 0.490 e. The fourth-order valence-corrected chi connectivity index (χ4v) is 13.9. The average molecular weight is 2030 g/mol. The second-order valence-corrected chi connectivity index (χ2v) is 30.2. The average Bonchev–Trinajstić information content (AvgIpc) is 1.63. The second kappa shape index (κ2) is 50.9. The van der Waals surface area contributed by atoms with E-state index in [1.165, 1.54) is 37.1 Å². The highest BCUT2D eigenvalue weighted by Gasteiger charge is 2.41. The third-order valence-corrected chi connectivity index (χ3v) is 20.5. The SMILES string of the molecule is CC#CCn1c(N2CCNCC2)nc2cnn(Cc3cccc(C(N)=O)c3)c(=O)c21.CC#CCn1c(N2CCNCC2)nc2cnn(Cc3cccc(F)n3)c(=O)c21.CC#CCn1c(N2CCNCC2)nc2cnn(Cc3ccccc3C(N)=O)c(=O)c21.CC#CCn1c(N2CCNCC2)nc2cnn(Cc3ccnc(F)c3)c(=O)c21.O=C(O)C(F)(F)F.O=C(O)C(F)(F)F.O=C(O)C(F)(F)F.O=C(O)C(F)(F)F. The number of rotatable bonds is 18. The van der Waals surface area contributed by atoms with E-state index in [4.69, 9.17) is 56.1 Å². The van der Waals surface area contributed by atoms with Gasteiger partial charge in [0.15, 0.2) is 0 Å². The van der Waals surface area contributed by atoms with Gasteiger partial charge in [0, 0.05) is 122 Å². The molecule has 14 heterocycles. The number of carboxylic acids is 4. The molecule has 0 atom stereocenters. The molecule has 12 N–H and O–H groups in total. The van der Waals surface area contributed by atoms with Gasteiger partial charge < -0.3 is 72.8 Å². The minimum Gasteiger partial charge on any atom is -0.475 e. The van der Waals surface area contributed by atoms with Crippen LogP contribution >= 0.6 is 0 Å². The van der Waals surface area contributed by atoms with E-state index < -0.39 is 72.3 Å². The van der Waals surface area contributed by atoms with Crippen LogP contribution in [-0.4, -0.2) is 273 Å². The number of piperazine rings is 4. The zero-order valence-electron chi connectivity index (χ0n) is 76.5. The van der Waals surface area contributed by atoms with Gasteiger partial charge in [0.2, 0.25) is 47.5 Å². The van der Waals surface area contributed by atoms with Gasteiger partial charge in [-0.3, -0.25) is 47.0 Å². The number of fused-ring (bicyclic) bond motifs is 4. The quantitative estimate of drug-likeness (QED) is 0.0328. The number of amides is 2. The van der Waals surface area contributed by atoms with Crippen molar-refractivity contribution in [3.63, 3.8) is 0 Å². The zero-order chi connectivity index (χ0) is 106. The van der Waals surface area contributed by atoms with E-state index in [2.05, 4.69) is 134 Å². The van der Waals surface area contributed by atoms with Crippen LogP contribution in [0.1, 0.15) is 70.8 Å². The Labute approximate surface area is 804 Å². The van der Waals surface area contributed by atoms with Gasteiger partial charge >= 0.3 is 48.6 Å². The lowest BCUT2D eigenvalue weighted by Crippen LogP contribution is -2.44. The number of benzene rings is 2. The predicted octanol–water partition coefficient (Wildman–Crippen LogP) is 4.10. The molecule has 10 aromatic heterocycles. The van der Waals surface area contributed by atoms with Crippen LogP contribution in [0.4, 0.5) is 85.3 Å². The van der Waals surface area contributed by atoms with Crippen LogP contribution in [0.3, 0.4) is 0 Å². The van der Waals surface area contributed by atoms with Crippen LogP contribution < -0.4 is 74.6 Å². The maximum atomic E-state index is 13.4. The number of nitrogens with one attached hydrogen (secondary N) is 4. The molecular formula is C88H90F14N28O14. The Morgan fingerprint density at radius 3 is 0.958 bits per heavy atom. The van der Waals surface area contributed by atoms with Crippen molar-refractivity contribution in [2.24, 2.45) is 11.5 Å². The minimum atomic E-state index is -5.08. The van der Waals surface area contributed by atoms with Crippen LogP contribution in [-0.2, 0) is 71.5 Å². The molecule has 4 aliphatic heterocycles. The zero-order valence-corrected chi connectivity index (χ0v) is 76.5. The van der Waals surface area contributed by atoms with Crippen LogP contribution in [0.25, 0.3) is 44.1 Å². The molecule has 4 saturated heterocycles. The number of hydrogen-bond donors (Lipinski definition) is 10. The van der Waals surface area contributed by atoms with E-state index in [9.17, 15) is 90.2 Å². The molecule has 0 saturated carbocycles. The number of pyridine rings is 2. The summed E-state index contributed by atoms with van der Waals surface area (Å²) in [6, 6.07) is 21.3. The number of aromatic nitrogens is 18. The van der Waals surface area contributed by atoms with Gasteiger partial charge in [-0.2, -0.15) is 81.9 Å². The molecule has 0 aliphatic carbocycles. The molecule has 0 bridgehead atoms. The second-order valence-electron chi connectivity index (χ2n) is 30.2. The summed E-state index contributed by atoms with van der Waals surface area (Å²) in [5, 5.41) is 58.8. The highest BCUT2D eigenvalue weighted by Crippen LogP contribution is 2.27. The number of carbonyl (C=O) groups excluding carboxylic acids is 2. The van der Waals surface area contributed by atoms with Gasteiger partial charge in [-0.15, -0.1) is 23.7 Å². The Morgan fingerprint density at radius 2 is 0.667 bits per heavy atom. The molecule has 0 spiro atoms. The van der Waals surface area contributed by atoms with Crippen molar-refractivity contribution in [2.75, 3.05) is 124 Å². The highest BCUT2D eigenvalue weighted by atomic mass is 19.4. The normalized spacial score (nSPS) is 13.5. The van der Waals surface area contributed by atoms with Gasteiger partial charge in [0.25, 0.3) is 22.2 Å². The molecule has 56 heteroatoms. The van der Waals surface area contributed by atoms with Gasteiger partial charge in [-0.25, -0.2) is 67.8 Å². The number of carboxylic acid groups (broad SMARTS) is 4. The first-order valence-corrected chi connectivity index (χ1v) is 42.8. The Kier molecular flexibility index (Phi) is 39.2. The van der Waals surface area contributed by atoms with Crippen molar-refractivity contribution in [1.29, 1.82) is 0 Å². The molecule has 12 aromatic rings. The number of imidazole rings is 4.